The molecule has 0 fully saturated rings. The van der Waals surface area contributed by atoms with E-state index in [2.05, 4.69) is 32.6 Å². The average Bonchev–Trinajstić information content (AvgIpc) is 2.42. The molecule has 2 nitrogen and oxygen atoms in total. The van der Waals surface area contributed by atoms with Gasteiger partial charge in [0.15, 0.2) is 11.6 Å². The van der Waals surface area contributed by atoms with Gasteiger partial charge >= 0.3 is 6.61 Å². The molecular formula is C15H13F3INO. The Bertz CT molecular complexity index is 604. The van der Waals surface area contributed by atoms with Gasteiger partial charge in [0.2, 0.25) is 0 Å². The summed E-state index contributed by atoms with van der Waals surface area (Å²) in [6.07, 6.45) is 0. The highest BCUT2D eigenvalue weighted by Gasteiger charge is 2.11. The maximum atomic E-state index is 13.6. The molecule has 0 aliphatic heterocycles. The van der Waals surface area contributed by atoms with Gasteiger partial charge in [-0.15, -0.1) is 0 Å². The Morgan fingerprint density at radius 3 is 2.33 bits per heavy atom. The Morgan fingerprint density at radius 2 is 1.76 bits per heavy atom. The third-order valence-corrected chi connectivity index (χ3v) is 3.62. The van der Waals surface area contributed by atoms with Crippen LogP contribution in [-0.2, 0) is 0 Å². The van der Waals surface area contributed by atoms with Crippen LogP contribution in [0, 0.1) is 9.39 Å². The molecule has 112 valence electrons. The summed E-state index contributed by atoms with van der Waals surface area (Å²) < 4.78 is 42.9. The summed E-state index contributed by atoms with van der Waals surface area (Å²) in [7, 11) is 0. The van der Waals surface area contributed by atoms with Gasteiger partial charge in [0.25, 0.3) is 0 Å². The predicted molar refractivity (Wildman–Crippen MR) is 84.2 cm³/mol. The lowest BCUT2D eigenvalue weighted by Crippen LogP contribution is -2.08. The molecule has 0 saturated carbocycles. The van der Waals surface area contributed by atoms with Crippen molar-refractivity contribution in [2.75, 3.05) is 5.32 Å². The number of halogens is 4. The van der Waals surface area contributed by atoms with Crippen LogP contribution in [-0.4, -0.2) is 6.61 Å². The van der Waals surface area contributed by atoms with Gasteiger partial charge in [0.1, 0.15) is 0 Å². The lowest BCUT2D eigenvalue weighted by Gasteiger charge is -2.16. The van der Waals surface area contributed by atoms with Crippen molar-refractivity contribution >= 4 is 28.3 Å². The van der Waals surface area contributed by atoms with Gasteiger partial charge in [-0.2, -0.15) is 8.78 Å². The van der Waals surface area contributed by atoms with Crippen molar-refractivity contribution in [2.24, 2.45) is 0 Å². The van der Waals surface area contributed by atoms with Gasteiger partial charge in [0, 0.05) is 21.4 Å². The lowest BCUT2D eigenvalue weighted by molar-refractivity contribution is -0.0521. The molecule has 0 aromatic heterocycles. The van der Waals surface area contributed by atoms with Crippen molar-refractivity contribution in [3.8, 4) is 5.75 Å². The van der Waals surface area contributed by atoms with Gasteiger partial charge in [-0.3, -0.25) is 0 Å². The Hall–Kier alpha value is -1.44. The van der Waals surface area contributed by atoms with Crippen molar-refractivity contribution in [1.29, 1.82) is 0 Å². The molecule has 2 aromatic rings. The SMILES string of the molecule is CC(Nc1ccc(OC(F)F)c(F)c1)c1ccc(I)cc1. The second-order valence-electron chi connectivity index (χ2n) is 4.44. The Morgan fingerprint density at radius 1 is 1.10 bits per heavy atom. The summed E-state index contributed by atoms with van der Waals surface area (Å²) in [6.45, 7) is -1.10. The van der Waals surface area contributed by atoms with Crippen molar-refractivity contribution in [2.45, 2.75) is 19.6 Å². The van der Waals surface area contributed by atoms with Gasteiger partial charge in [-0.05, 0) is 59.3 Å². The molecule has 0 saturated heterocycles. The fourth-order valence-electron chi connectivity index (χ4n) is 1.87. The molecule has 0 bridgehead atoms. The summed E-state index contributed by atoms with van der Waals surface area (Å²) >= 11 is 2.22. The fourth-order valence-corrected chi connectivity index (χ4v) is 2.23. The van der Waals surface area contributed by atoms with E-state index < -0.39 is 18.2 Å². The number of rotatable bonds is 5. The number of hydrogen-bond acceptors (Lipinski definition) is 2. The fraction of sp³-hybridized carbons (Fsp3) is 0.200. The molecule has 1 atom stereocenters. The third-order valence-electron chi connectivity index (χ3n) is 2.90. The van der Waals surface area contributed by atoms with Gasteiger partial charge in [-0.25, -0.2) is 4.39 Å². The topological polar surface area (TPSA) is 21.3 Å². The molecule has 1 unspecified atom stereocenters. The number of nitrogens with one attached hydrogen (secondary N) is 1. The second-order valence-corrected chi connectivity index (χ2v) is 5.69. The van der Waals surface area contributed by atoms with E-state index in [0.29, 0.717) is 5.69 Å². The van der Waals surface area contributed by atoms with Gasteiger partial charge < -0.3 is 10.1 Å². The van der Waals surface area contributed by atoms with Crippen LogP contribution >= 0.6 is 22.6 Å². The molecule has 0 spiro atoms. The van der Waals surface area contributed by atoms with Crippen molar-refractivity contribution in [3.63, 3.8) is 0 Å². The quantitative estimate of drug-likeness (QED) is 0.688. The zero-order chi connectivity index (χ0) is 15.4. The van der Waals surface area contributed by atoms with Gasteiger partial charge in [0.05, 0.1) is 0 Å². The third kappa shape index (κ3) is 4.52. The summed E-state index contributed by atoms with van der Waals surface area (Å²) in [5.74, 6) is -1.28. The Kier molecular flexibility index (Phi) is 5.33. The van der Waals surface area contributed by atoms with Gasteiger partial charge in [-0.1, -0.05) is 12.1 Å². The Balaban J connectivity index is 2.09. The Labute approximate surface area is 134 Å². The van der Waals surface area contributed by atoms with E-state index in [1.54, 1.807) is 0 Å². The van der Waals surface area contributed by atoms with E-state index in [9.17, 15) is 13.2 Å². The molecule has 0 heterocycles. The first-order chi connectivity index (χ1) is 9.95. The smallest absolute Gasteiger partial charge is 0.387 e. The largest absolute Gasteiger partial charge is 0.432 e. The van der Waals surface area contributed by atoms with E-state index in [1.165, 1.54) is 12.1 Å². The van der Waals surface area contributed by atoms with E-state index in [4.69, 9.17) is 0 Å². The van der Waals surface area contributed by atoms with Crippen molar-refractivity contribution in [3.05, 3.63) is 57.4 Å². The van der Waals surface area contributed by atoms with Crippen LogP contribution in [0.5, 0.6) is 5.75 Å². The highest BCUT2D eigenvalue weighted by Crippen LogP contribution is 2.26. The molecule has 0 radical (unpaired) electrons. The van der Waals surface area contributed by atoms with Crippen molar-refractivity contribution < 1.29 is 17.9 Å². The highest BCUT2D eigenvalue weighted by molar-refractivity contribution is 14.1. The van der Waals surface area contributed by atoms with Crippen LogP contribution in [0.15, 0.2) is 42.5 Å². The maximum Gasteiger partial charge on any atom is 0.387 e. The van der Waals surface area contributed by atoms with Crippen LogP contribution in [0.2, 0.25) is 0 Å². The maximum absolute atomic E-state index is 13.6. The molecule has 0 aliphatic rings. The first-order valence-corrected chi connectivity index (χ1v) is 7.30. The van der Waals surface area contributed by atoms with E-state index in [0.717, 1.165) is 15.2 Å². The molecule has 0 aliphatic carbocycles. The van der Waals surface area contributed by atoms with Crippen LogP contribution in [0.3, 0.4) is 0 Å². The molecule has 0 amide bonds. The lowest BCUT2D eigenvalue weighted by atomic mass is 10.1. The average molecular weight is 407 g/mol. The number of hydrogen-bond donors (Lipinski definition) is 1. The summed E-state index contributed by atoms with van der Waals surface area (Å²) in [6, 6.07) is 11.7. The van der Waals surface area contributed by atoms with Crippen LogP contribution in [0.25, 0.3) is 0 Å². The van der Waals surface area contributed by atoms with E-state index in [1.807, 2.05) is 31.2 Å². The summed E-state index contributed by atoms with van der Waals surface area (Å²) in [5, 5.41) is 3.11. The van der Waals surface area contributed by atoms with Crippen molar-refractivity contribution in [1.82, 2.24) is 0 Å². The molecule has 2 aromatic carbocycles. The number of benzene rings is 2. The molecule has 6 heteroatoms. The van der Waals surface area contributed by atoms with E-state index >= 15 is 0 Å². The minimum Gasteiger partial charge on any atom is -0.432 e. The minimum absolute atomic E-state index is 0.0386. The first-order valence-electron chi connectivity index (χ1n) is 6.22. The zero-order valence-corrected chi connectivity index (χ0v) is 13.3. The predicted octanol–water partition coefficient (Wildman–Crippen LogP) is 5.20. The second kappa shape index (κ2) is 7.02. The minimum atomic E-state index is -3.04. The number of alkyl halides is 2. The molecule has 2 rings (SSSR count). The zero-order valence-electron chi connectivity index (χ0n) is 11.1. The number of anilines is 1. The monoisotopic (exact) mass is 407 g/mol. The van der Waals surface area contributed by atoms with E-state index in [-0.39, 0.29) is 6.04 Å². The first kappa shape index (κ1) is 15.9. The normalized spacial score (nSPS) is 12.3. The molecule has 1 N–H and O–H groups in total. The summed E-state index contributed by atoms with van der Waals surface area (Å²) in [5.41, 5.74) is 1.55. The van der Waals surface area contributed by atoms with Crippen LogP contribution < -0.4 is 10.1 Å². The van der Waals surface area contributed by atoms with Crippen LogP contribution in [0.1, 0.15) is 18.5 Å². The summed E-state index contributed by atoms with van der Waals surface area (Å²) in [4.78, 5) is 0. The number of ether oxygens (including phenoxy) is 1. The standard InChI is InChI=1S/C15H13F3INO/c1-9(10-2-4-11(19)5-3-10)20-12-6-7-14(13(16)8-12)21-15(17)18/h2-9,15,20H,1H3. The molecular weight excluding hydrogens is 394 g/mol. The highest BCUT2D eigenvalue weighted by atomic mass is 127. The molecule has 21 heavy (non-hydrogen) atoms. The van der Waals surface area contributed by atoms with Crippen LogP contribution in [0.4, 0.5) is 18.9 Å².